The highest BCUT2D eigenvalue weighted by atomic mass is 16.5. The first-order valence-corrected chi connectivity index (χ1v) is 4.30. The summed E-state index contributed by atoms with van der Waals surface area (Å²) in [7, 11) is 0. The molecule has 0 bridgehead atoms. The second kappa shape index (κ2) is 4.17. The number of aliphatic carboxylic acids is 1. The van der Waals surface area contributed by atoms with Gasteiger partial charge in [-0.05, 0) is 0 Å². The van der Waals surface area contributed by atoms with Crippen molar-refractivity contribution in [3.63, 3.8) is 0 Å². The lowest BCUT2D eigenvalue weighted by Crippen LogP contribution is -2.43. The summed E-state index contributed by atoms with van der Waals surface area (Å²) in [6, 6.07) is -1.51. The molecule has 0 unspecified atom stereocenters. The van der Waals surface area contributed by atoms with Crippen molar-refractivity contribution in [1.82, 2.24) is 4.90 Å². The summed E-state index contributed by atoms with van der Waals surface area (Å²) >= 11 is 0. The SMILES string of the molecule is CC(=O)O[C@@H]1C[C@@H](C(=O)O)N(C(=O)O)C1=O. The Morgan fingerprint density at radius 3 is 2.25 bits per heavy atom. The molecule has 0 spiro atoms. The average molecular weight is 231 g/mol. The van der Waals surface area contributed by atoms with Gasteiger partial charge in [0, 0.05) is 13.3 Å². The number of hydrogen-bond acceptors (Lipinski definition) is 5. The van der Waals surface area contributed by atoms with Gasteiger partial charge in [-0.1, -0.05) is 0 Å². The van der Waals surface area contributed by atoms with Crippen molar-refractivity contribution in [1.29, 1.82) is 0 Å². The molecule has 88 valence electrons. The molecule has 0 aliphatic carbocycles. The fourth-order valence-electron chi connectivity index (χ4n) is 1.46. The lowest BCUT2D eigenvalue weighted by atomic mass is 10.2. The largest absolute Gasteiger partial charge is 0.480 e. The predicted octanol–water partition coefficient (Wildman–Crippen LogP) is -0.718. The molecule has 1 saturated heterocycles. The summed E-state index contributed by atoms with van der Waals surface area (Å²) in [5, 5.41) is 17.4. The van der Waals surface area contributed by atoms with Gasteiger partial charge < -0.3 is 14.9 Å². The number of likely N-dealkylation sites (tertiary alicyclic amines) is 1. The molecule has 1 aliphatic heterocycles. The van der Waals surface area contributed by atoms with Crippen molar-refractivity contribution in [3.8, 4) is 0 Å². The van der Waals surface area contributed by atoms with Gasteiger partial charge in [0.25, 0.3) is 5.91 Å². The number of carboxylic acids is 1. The minimum absolute atomic E-state index is 0.163. The Labute approximate surface area is 89.4 Å². The molecular formula is C8H9NO7. The van der Waals surface area contributed by atoms with Crippen LogP contribution in [0, 0.1) is 0 Å². The second-order valence-corrected chi connectivity index (χ2v) is 3.18. The third-order valence-corrected chi connectivity index (χ3v) is 2.06. The zero-order chi connectivity index (χ0) is 12.5. The topological polar surface area (TPSA) is 121 Å². The fraction of sp³-hybridized carbons (Fsp3) is 0.500. The van der Waals surface area contributed by atoms with Gasteiger partial charge in [0.15, 0.2) is 6.10 Å². The standard InChI is InChI=1S/C8H9NO7/c1-3(10)16-5-2-4(7(12)13)9(6(5)11)8(14)15/h4-5H,2H2,1H3,(H,12,13)(H,14,15)/t4-,5+/m0/s1. The first kappa shape index (κ1) is 12.0. The fourth-order valence-corrected chi connectivity index (χ4v) is 1.46. The zero-order valence-electron chi connectivity index (χ0n) is 8.24. The molecule has 1 fully saturated rings. The van der Waals surface area contributed by atoms with E-state index in [9.17, 15) is 19.2 Å². The third kappa shape index (κ3) is 2.10. The number of esters is 1. The smallest absolute Gasteiger partial charge is 0.414 e. The van der Waals surface area contributed by atoms with E-state index < -0.39 is 36.1 Å². The summed E-state index contributed by atoms with van der Waals surface area (Å²) < 4.78 is 4.53. The van der Waals surface area contributed by atoms with E-state index in [0.717, 1.165) is 6.92 Å². The molecule has 1 rings (SSSR count). The maximum atomic E-state index is 11.4. The van der Waals surface area contributed by atoms with Crippen molar-refractivity contribution < 1.29 is 34.1 Å². The van der Waals surface area contributed by atoms with Crippen molar-refractivity contribution >= 4 is 23.9 Å². The Kier molecular flexibility index (Phi) is 3.11. The van der Waals surface area contributed by atoms with E-state index in [2.05, 4.69) is 4.74 Å². The van der Waals surface area contributed by atoms with Crippen LogP contribution in [0.15, 0.2) is 0 Å². The number of amides is 2. The normalized spacial score (nSPS) is 24.3. The summed E-state index contributed by atoms with van der Waals surface area (Å²) in [4.78, 5) is 43.5. The van der Waals surface area contributed by atoms with Crippen LogP contribution >= 0.6 is 0 Å². The van der Waals surface area contributed by atoms with Crippen LogP contribution in [0.4, 0.5) is 4.79 Å². The van der Waals surface area contributed by atoms with Gasteiger partial charge in [-0.2, -0.15) is 0 Å². The number of imide groups is 1. The maximum absolute atomic E-state index is 11.4. The van der Waals surface area contributed by atoms with Gasteiger partial charge in [-0.25, -0.2) is 14.5 Å². The minimum atomic E-state index is -1.67. The van der Waals surface area contributed by atoms with E-state index in [4.69, 9.17) is 10.2 Å². The summed E-state index contributed by atoms with van der Waals surface area (Å²) in [5.41, 5.74) is 0. The molecule has 16 heavy (non-hydrogen) atoms. The van der Waals surface area contributed by atoms with Gasteiger partial charge in [0.1, 0.15) is 6.04 Å². The number of nitrogens with zero attached hydrogens (tertiary/aromatic N) is 1. The number of ether oxygens (including phenoxy) is 1. The predicted molar refractivity (Wildman–Crippen MR) is 46.5 cm³/mol. The Bertz CT molecular complexity index is 363. The van der Waals surface area contributed by atoms with E-state index >= 15 is 0 Å². The van der Waals surface area contributed by atoms with Crippen LogP contribution in [0.1, 0.15) is 13.3 Å². The first-order valence-electron chi connectivity index (χ1n) is 4.30. The molecule has 0 radical (unpaired) electrons. The monoisotopic (exact) mass is 231 g/mol. The van der Waals surface area contributed by atoms with E-state index in [0.29, 0.717) is 0 Å². The highest BCUT2D eigenvalue weighted by molar-refractivity contribution is 6.01. The molecule has 2 atom stereocenters. The number of hydrogen-bond donors (Lipinski definition) is 2. The van der Waals surface area contributed by atoms with Crippen molar-refractivity contribution in [2.75, 3.05) is 0 Å². The molecule has 2 amide bonds. The van der Waals surface area contributed by atoms with Crippen molar-refractivity contribution in [3.05, 3.63) is 0 Å². The van der Waals surface area contributed by atoms with E-state index in [-0.39, 0.29) is 11.3 Å². The molecule has 0 saturated carbocycles. The third-order valence-electron chi connectivity index (χ3n) is 2.06. The van der Waals surface area contributed by atoms with Gasteiger partial charge in [0.2, 0.25) is 0 Å². The Hall–Kier alpha value is -2.12. The molecular weight excluding hydrogens is 222 g/mol. The highest BCUT2D eigenvalue weighted by Crippen LogP contribution is 2.22. The first-order chi connectivity index (χ1) is 7.34. The molecule has 0 aromatic rings. The molecule has 8 nitrogen and oxygen atoms in total. The van der Waals surface area contributed by atoms with Crippen molar-refractivity contribution in [2.45, 2.75) is 25.5 Å². The Morgan fingerprint density at radius 2 is 1.94 bits per heavy atom. The molecule has 1 heterocycles. The Balaban J connectivity index is 2.91. The molecule has 1 aliphatic rings. The second-order valence-electron chi connectivity index (χ2n) is 3.18. The van der Waals surface area contributed by atoms with E-state index in [1.54, 1.807) is 0 Å². The van der Waals surface area contributed by atoms with Gasteiger partial charge >= 0.3 is 18.0 Å². The zero-order valence-corrected chi connectivity index (χ0v) is 8.24. The van der Waals surface area contributed by atoms with E-state index in [1.165, 1.54) is 0 Å². The summed E-state index contributed by atoms with van der Waals surface area (Å²) in [6.45, 7) is 1.05. The quantitative estimate of drug-likeness (QED) is 0.601. The van der Waals surface area contributed by atoms with Crippen molar-refractivity contribution in [2.24, 2.45) is 0 Å². The van der Waals surface area contributed by atoms with Crippen LogP contribution in [0.2, 0.25) is 0 Å². The number of carbonyl (C=O) groups is 4. The van der Waals surface area contributed by atoms with Crippen LogP contribution in [0.3, 0.4) is 0 Å². The van der Waals surface area contributed by atoms with Crippen LogP contribution in [0.5, 0.6) is 0 Å². The molecule has 0 aromatic carbocycles. The summed E-state index contributed by atoms with van der Waals surface area (Å²) in [6.07, 6.45) is -3.37. The van der Waals surface area contributed by atoms with Crippen LogP contribution in [0.25, 0.3) is 0 Å². The van der Waals surface area contributed by atoms with Crippen LogP contribution < -0.4 is 0 Å². The molecule has 8 heteroatoms. The average Bonchev–Trinajstić information content (AvgIpc) is 2.43. The maximum Gasteiger partial charge on any atom is 0.414 e. The summed E-state index contributed by atoms with van der Waals surface area (Å²) in [5.74, 6) is -3.25. The van der Waals surface area contributed by atoms with E-state index in [1.807, 2.05) is 0 Å². The number of carboxylic acid groups (broad SMARTS) is 2. The van der Waals surface area contributed by atoms with Gasteiger partial charge in [0.05, 0.1) is 0 Å². The van der Waals surface area contributed by atoms with Crippen LogP contribution in [-0.2, 0) is 19.1 Å². The lowest BCUT2D eigenvalue weighted by Gasteiger charge is -2.14. The number of carbonyl (C=O) groups excluding carboxylic acids is 2. The highest BCUT2D eigenvalue weighted by Gasteiger charge is 2.48. The Morgan fingerprint density at radius 1 is 1.38 bits per heavy atom. The van der Waals surface area contributed by atoms with Gasteiger partial charge in [-0.3, -0.25) is 9.59 Å². The number of rotatable bonds is 2. The minimum Gasteiger partial charge on any atom is -0.480 e. The molecule has 2 N–H and O–H groups in total. The van der Waals surface area contributed by atoms with Crippen LogP contribution in [-0.4, -0.2) is 51.2 Å². The lowest BCUT2D eigenvalue weighted by molar-refractivity contribution is -0.153. The molecule has 0 aromatic heterocycles. The van der Waals surface area contributed by atoms with Gasteiger partial charge in [-0.15, -0.1) is 0 Å².